The number of fused-ring (bicyclic) bond motifs is 1. The molecule has 7 nitrogen and oxygen atoms in total. The third kappa shape index (κ3) is 4.42. The Hall–Kier alpha value is -2.87. The first kappa shape index (κ1) is 19.4. The van der Waals surface area contributed by atoms with Crippen molar-refractivity contribution in [1.82, 2.24) is 14.7 Å². The van der Waals surface area contributed by atoms with Crippen molar-refractivity contribution in [2.24, 2.45) is 0 Å². The molecule has 1 fully saturated rings. The Morgan fingerprint density at radius 1 is 1.21 bits per heavy atom. The Kier molecular flexibility index (Phi) is 4.82. The number of ether oxygens (including phenoxy) is 1. The van der Waals surface area contributed by atoms with Gasteiger partial charge in [0.15, 0.2) is 9.84 Å². The molecular formula is C21H23N3O4S. The number of nitrogens with zero attached hydrogens (tertiary/aromatic N) is 2. The predicted octanol–water partition coefficient (Wildman–Crippen LogP) is 2.53. The lowest BCUT2D eigenvalue weighted by molar-refractivity contribution is 0.0915. The van der Waals surface area contributed by atoms with Gasteiger partial charge in [0.2, 0.25) is 0 Å². The van der Waals surface area contributed by atoms with E-state index < -0.39 is 15.4 Å². The minimum atomic E-state index is -3.08. The molecule has 1 aromatic carbocycles. The first-order valence-corrected chi connectivity index (χ1v) is 11.2. The average Bonchev–Trinajstić information content (AvgIpc) is 3.19. The van der Waals surface area contributed by atoms with Crippen LogP contribution in [0.5, 0.6) is 5.75 Å². The summed E-state index contributed by atoms with van der Waals surface area (Å²) in [5.41, 5.74) is 2.58. The van der Waals surface area contributed by atoms with Crippen molar-refractivity contribution in [3.8, 4) is 5.75 Å². The maximum Gasteiger partial charge on any atom is 0.251 e. The van der Waals surface area contributed by atoms with Crippen molar-refractivity contribution < 1.29 is 17.9 Å². The van der Waals surface area contributed by atoms with Gasteiger partial charge < -0.3 is 14.5 Å². The van der Waals surface area contributed by atoms with Crippen LogP contribution in [0.1, 0.15) is 35.0 Å². The van der Waals surface area contributed by atoms with E-state index in [1.54, 1.807) is 31.2 Å². The Balaban J connectivity index is 1.37. The van der Waals surface area contributed by atoms with E-state index in [9.17, 15) is 13.2 Å². The van der Waals surface area contributed by atoms with Crippen molar-refractivity contribution in [1.29, 1.82) is 0 Å². The van der Waals surface area contributed by atoms with E-state index >= 15 is 0 Å². The molecule has 3 aromatic rings. The highest BCUT2D eigenvalue weighted by molar-refractivity contribution is 7.91. The van der Waals surface area contributed by atoms with Gasteiger partial charge in [-0.1, -0.05) is 6.07 Å². The minimum Gasteiger partial charge on any atom is -0.487 e. The summed E-state index contributed by atoms with van der Waals surface area (Å²) < 4.78 is 31.1. The summed E-state index contributed by atoms with van der Waals surface area (Å²) in [6, 6.07) is 10.8. The molecule has 8 heteroatoms. The van der Waals surface area contributed by atoms with E-state index in [1.807, 2.05) is 35.9 Å². The Labute approximate surface area is 169 Å². The summed E-state index contributed by atoms with van der Waals surface area (Å²) in [7, 11) is -3.08. The molecule has 0 aliphatic carbocycles. The zero-order chi connectivity index (χ0) is 20.6. The number of amides is 1. The Morgan fingerprint density at radius 2 is 1.97 bits per heavy atom. The fourth-order valence-corrected chi connectivity index (χ4v) is 5.63. The molecule has 0 saturated carbocycles. The third-order valence-electron chi connectivity index (χ3n) is 5.07. The number of sulfone groups is 1. The van der Waals surface area contributed by atoms with Crippen molar-refractivity contribution in [3.05, 3.63) is 65.6 Å². The van der Waals surface area contributed by atoms with Gasteiger partial charge in [-0.25, -0.2) is 13.4 Å². The molecule has 4 rings (SSSR count). The monoisotopic (exact) mass is 413 g/mol. The average molecular weight is 413 g/mol. The molecule has 0 unspecified atom stereocenters. The number of hydrogen-bond acceptors (Lipinski definition) is 5. The second-order valence-corrected chi connectivity index (χ2v) is 10.1. The molecule has 1 N–H and O–H groups in total. The number of benzene rings is 1. The quantitative estimate of drug-likeness (QED) is 0.694. The van der Waals surface area contributed by atoms with Crippen LogP contribution in [-0.4, -0.2) is 40.8 Å². The lowest BCUT2D eigenvalue weighted by atomic mass is 10.0. The summed E-state index contributed by atoms with van der Waals surface area (Å²) >= 11 is 0. The second kappa shape index (κ2) is 7.18. The Morgan fingerprint density at radius 3 is 2.66 bits per heavy atom. The Bertz CT molecular complexity index is 1170. The van der Waals surface area contributed by atoms with Crippen LogP contribution in [0.3, 0.4) is 0 Å². The van der Waals surface area contributed by atoms with Gasteiger partial charge in [0.1, 0.15) is 18.0 Å². The van der Waals surface area contributed by atoms with Crippen LogP contribution in [-0.2, 0) is 16.4 Å². The van der Waals surface area contributed by atoms with Gasteiger partial charge in [-0.05, 0) is 56.2 Å². The molecule has 0 bridgehead atoms. The molecule has 0 spiro atoms. The summed E-state index contributed by atoms with van der Waals surface area (Å²) in [5, 5.41) is 2.85. The topological polar surface area (TPSA) is 89.8 Å². The highest BCUT2D eigenvalue weighted by atomic mass is 32.2. The number of rotatable bonds is 5. The van der Waals surface area contributed by atoms with Gasteiger partial charge in [-0.15, -0.1) is 0 Å². The van der Waals surface area contributed by atoms with Gasteiger partial charge in [-0.3, -0.25) is 4.79 Å². The molecular weight excluding hydrogens is 390 g/mol. The molecule has 0 radical (unpaired) electrons. The van der Waals surface area contributed by atoms with E-state index in [2.05, 4.69) is 10.3 Å². The summed E-state index contributed by atoms with van der Waals surface area (Å²) in [5.74, 6) is 0.432. The molecule has 1 aliphatic rings. The number of aromatic nitrogens is 2. The van der Waals surface area contributed by atoms with Crippen molar-refractivity contribution >= 4 is 21.4 Å². The number of carbonyl (C=O) groups is 1. The molecule has 1 saturated heterocycles. The summed E-state index contributed by atoms with van der Waals surface area (Å²) in [4.78, 5) is 17.0. The number of pyridine rings is 1. The van der Waals surface area contributed by atoms with Crippen LogP contribution in [0.2, 0.25) is 0 Å². The maximum atomic E-state index is 12.5. The maximum absolute atomic E-state index is 12.5. The standard InChI is InChI=1S/C21H23N3O4S/c1-15-3-8-19-22-17(12-24(19)11-15)13-28-18-6-4-16(5-7-18)20(25)23-21(2)9-10-29(26,27)14-21/h3-8,11-12H,9-10,13-14H2,1-2H3,(H,23,25)/t21-/m1/s1. The van der Waals surface area contributed by atoms with Crippen LogP contribution in [0.25, 0.3) is 5.65 Å². The lowest BCUT2D eigenvalue weighted by Crippen LogP contribution is -2.46. The molecule has 3 heterocycles. The van der Waals surface area contributed by atoms with E-state index in [1.165, 1.54) is 0 Å². The van der Waals surface area contributed by atoms with Crippen LogP contribution < -0.4 is 10.1 Å². The van der Waals surface area contributed by atoms with Gasteiger partial charge in [0.25, 0.3) is 5.91 Å². The minimum absolute atomic E-state index is 0.0223. The van der Waals surface area contributed by atoms with Crippen molar-refractivity contribution in [2.45, 2.75) is 32.4 Å². The normalized spacial score (nSPS) is 20.6. The SMILES string of the molecule is Cc1ccc2nc(COc3ccc(C(=O)N[C@]4(C)CCS(=O)(=O)C4)cc3)cn2c1. The highest BCUT2D eigenvalue weighted by Gasteiger charge is 2.39. The summed E-state index contributed by atoms with van der Waals surface area (Å²) in [6.07, 6.45) is 4.37. The molecule has 29 heavy (non-hydrogen) atoms. The smallest absolute Gasteiger partial charge is 0.251 e. The zero-order valence-electron chi connectivity index (χ0n) is 16.4. The van der Waals surface area contributed by atoms with E-state index in [-0.39, 0.29) is 17.4 Å². The first-order valence-electron chi connectivity index (χ1n) is 9.41. The third-order valence-corrected chi connectivity index (χ3v) is 6.97. The highest BCUT2D eigenvalue weighted by Crippen LogP contribution is 2.23. The van der Waals surface area contributed by atoms with Crippen LogP contribution in [0.15, 0.2) is 48.8 Å². The lowest BCUT2D eigenvalue weighted by Gasteiger charge is -2.23. The van der Waals surface area contributed by atoms with Crippen LogP contribution in [0, 0.1) is 6.92 Å². The number of imidazole rings is 1. The van der Waals surface area contributed by atoms with Crippen molar-refractivity contribution in [2.75, 3.05) is 11.5 Å². The molecule has 1 aliphatic heterocycles. The zero-order valence-corrected chi connectivity index (χ0v) is 17.2. The molecule has 1 amide bonds. The van der Waals surface area contributed by atoms with Crippen molar-refractivity contribution in [3.63, 3.8) is 0 Å². The van der Waals surface area contributed by atoms with Gasteiger partial charge in [0, 0.05) is 18.0 Å². The largest absolute Gasteiger partial charge is 0.487 e. The second-order valence-electron chi connectivity index (χ2n) is 7.87. The number of nitrogens with one attached hydrogen (secondary N) is 1. The van der Waals surface area contributed by atoms with E-state index in [4.69, 9.17) is 4.74 Å². The first-order chi connectivity index (χ1) is 13.7. The van der Waals surface area contributed by atoms with Crippen LogP contribution in [0.4, 0.5) is 0 Å². The number of aryl methyl sites for hydroxylation is 1. The van der Waals surface area contributed by atoms with Gasteiger partial charge >= 0.3 is 0 Å². The molecule has 1 atom stereocenters. The summed E-state index contributed by atoms with van der Waals surface area (Å²) in [6.45, 7) is 4.12. The molecule has 2 aromatic heterocycles. The van der Waals surface area contributed by atoms with Gasteiger partial charge in [-0.2, -0.15) is 0 Å². The molecule has 152 valence electrons. The predicted molar refractivity (Wildman–Crippen MR) is 110 cm³/mol. The number of hydrogen-bond donors (Lipinski definition) is 1. The number of carbonyl (C=O) groups excluding carboxylic acids is 1. The van der Waals surface area contributed by atoms with E-state index in [0.717, 1.165) is 16.9 Å². The fraction of sp³-hybridized carbons (Fsp3) is 0.333. The van der Waals surface area contributed by atoms with Crippen LogP contribution >= 0.6 is 0 Å². The fourth-order valence-electron chi connectivity index (χ4n) is 3.54. The van der Waals surface area contributed by atoms with Gasteiger partial charge in [0.05, 0.1) is 22.7 Å². The van der Waals surface area contributed by atoms with E-state index in [0.29, 0.717) is 24.3 Å².